The van der Waals surface area contributed by atoms with Crippen molar-refractivity contribution in [3.05, 3.63) is 11.9 Å². The van der Waals surface area contributed by atoms with Gasteiger partial charge >= 0.3 is 0 Å². The van der Waals surface area contributed by atoms with E-state index in [1.807, 2.05) is 20.8 Å². The van der Waals surface area contributed by atoms with E-state index in [1.54, 1.807) is 18.0 Å². The SMILES string of the molecule is COc1cnn(C(C)C)c1C(=O)CC(C)CN. The summed E-state index contributed by atoms with van der Waals surface area (Å²) < 4.78 is 6.88. The lowest BCUT2D eigenvalue weighted by Gasteiger charge is -2.13. The highest BCUT2D eigenvalue weighted by Gasteiger charge is 2.22. The smallest absolute Gasteiger partial charge is 0.185 e. The molecule has 5 nitrogen and oxygen atoms in total. The molecule has 0 radical (unpaired) electrons. The van der Waals surface area contributed by atoms with Gasteiger partial charge in [0.15, 0.2) is 11.5 Å². The van der Waals surface area contributed by atoms with Crippen molar-refractivity contribution in [2.45, 2.75) is 33.2 Å². The van der Waals surface area contributed by atoms with E-state index >= 15 is 0 Å². The number of nitrogens with two attached hydrogens (primary N) is 1. The van der Waals surface area contributed by atoms with E-state index in [1.165, 1.54) is 0 Å². The van der Waals surface area contributed by atoms with Crippen LogP contribution >= 0.6 is 0 Å². The quantitative estimate of drug-likeness (QED) is 0.766. The maximum Gasteiger partial charge on any atom is 0.185 e. The van der Waals surface area contributed by atoms with Gasteiger partial charge in [-0.15, -0.1) is 0 Å². The maximum atomic E-state index is 12.2. The minimum atomic E-state index is 0.0333. The number of aromatic nitrogens is 2. The Kier molecular flexibility index (Phi) is 4.69. The molecule has 5 heteroatoms. The molecule has 0 aliphatic carbocycles. The molecule has 0 aliphatic rings. The summed E-state index contributed by atoms with van der Waals surface area (Å²) in [7, 11) is 1.55. The molecule has 0 spiro atoms. The van der Waals surface area contributed by atoms with Gasteiger partial charge < -0.3 is 10.5 Å². The van der Waals surface area contributed by atoms with Crippen molar-refractivity contribution >= 4 is 5.78 Å². The second-order valence-electron chi connectivity index (χ2n) is 4.57. The molecule has 17 heavy (non-hydrogen) atoms. The fourth-order valence-electron chi connectivity index (χ4n) is 1.65. The van der Waals surface area contributed by atoms with Crippen molar-refractivity contribution < 1.29 is 9.53 Å². The highest BCUT2D eigenvalue weighted by molar-refractivity contribution is 5.97. The minimum absolute atomic E-state index is 0.0333. The van der Waals surface area contributed by atoms with Crippen molar-refractivity contribution in [2.75, 3.05) is 13.7 Å². The number of methoxy groups -OCH3 is 1. The standard InChI is InChI=1S/C12H21N3O2/c1-8(2)15-12(11(17-4)7-14-15)10(16)5-9(3)6-13/h7-9H,5-6,13H2,1-4H3. The lowest BCUT2D eigenvalue weighted by molar-refractivity contribution is 0.0950. The van der Waals surface area contributed by atoms with Gasteiger partial charge in [0, 0.05) is 12.5 Å². The zero-order valence-corrected chi connectivity index (χ0v) is 10.9. The predicted molar refractivity (Wildman–Crippen MR) is 66.3 cm³/mol. The molecule has 2 N–H and O–H groups in total. The monoisotopic (exact) mass is 239 g/mol. The van der Waals surface area contributed by atoms with Gasteiger partial charge in [0.25, 0.3) is 0 Å². The molecule has 1 atom stereocenters. The number of Topliss-reactive ketones (excluding diaryl/α,β-unsaturated/α-hetero) is 1. The van der Waals surface area contributed by atoms with Crippen LogP contribution in [-0.4, -0.2) is 29.2 Å². The van der Waals surface area contributed by atoms with E-state index in [9.17, 15) is 4.79 Å². The summed E-state index contributed by atoms with van der Waals surface area (Å²) in [4.78, 5) is 12.2. The molecule has 1 aromatic heterocycles. The number of hydrogen-bond acceptors (Lipinski definition) is 4. The first-order chi connectivity index (χ1) is 8.01. The van der Waals surface area contributed by atoms with Gasteiger partial charge in [0.05, 0.1) is 13.3 Å². The maximum absolute atomic E-state index is 12.2. The molecule has 0 bridgehead atoms. The number of carbonyl (C=O) groups excluding carboxylic acids is 1. The molecule has 1 rings (SSSR count). The van der Waals surface area contributed by atoms with E-state index < -0.39 is 0 Å². The summed E-state index contributed by atoms with van der Waals surface area (Å²) in [6, 6.07) is 0.131. The summed E-state index contributed by atoms with van der Waals surface area (Å²) in [5, 5.41) is 4.18. The van der Waals surface area contributed by atoms with Crippen LogP contribution in [0.1, 0.15) is 43.7 Å². The molecule has 0 saturated heterocycles. The molecule has 0 aliphatic heterocycles. The Morgan fingerprint density at radius 3 is 2.65 bits per heavy atom. The summed E-state index contributed by atoms with van der Waals surface area (Å²) in [6.45, 7) is 6.43. The third-order valence-electron chi connectivity index (χ3n) is 2.67. The van der Waals surface area contributed by atoms with Gasteiger partial charge in [-0.05, 0) is 26.3 Å². The lowest BCUT2D eigenvalue weighted by atomic mass is 10.0. The van der Waals surface area contributed by atoms with E-state index in [2.05, 4.69) is 5.10 Å². The van der Waals surface area contributed by atoms with E-state index in [0.717, 1.165) is 0 Å². The number of hydrogen-bond donors (Lipinski definition) is 1. The van der Waals surface area contributed by atoms with E-state index in [-0.39, 0.29) is 17.7 Å². The molecule has 96 valence electrons. The normalized spacial score (nSPS) is 12.8. The van der Waals surface area contributed by atoms with Crippen molar-refractivity contribution in [3.63, 3.8) is 0 Å². The van der Waals surface area contributed by atoms with E-state index in [0.29, 0.717) is 24.4 Å². The van der Waals surface area contributed by atoms with Crippen LogP contribution < -0.4 is 10.5 Å². The Bertz CT molecular complexity index is 385. The van der Waals surface area contributed by atoms with Crippen LogP contribution in [0.5, 0.6) is 5.75 Å². The van der Waals surface area contributed by atoms with Crippen LogP contribution in [0.3, 0.4) is 0 Å². The molecule has 1 heterocycles. The van der Waals surface area contributed by atoms with Crippen molar-refractivity contribution in [1.82, 2.24) is 9.78 Å². The summed E-state index contributed by atoms with van der Waals surface area (Å²) in [5.41, 5.74) is 6.08. The van der Waals surface area contributed by atoms with Crippen molar-refractivity contribution in [3.8, 4) is 5.75 Å². The fourth-order valence-corrected chi connectivity index (χ4v) is 1.65. The molecular weight excluding hydrogens is 218 g/mol. The Morgan fingerprint density at radius 2 is 2.18 bits per heavy atom. The summed E-state index contributed by atoms with van der Waals surface area (Å²) in [6.07, 6.45) is 2.01. The average molecular weight is 239 g/mol. The zero-order valence-electron chi connectivity index (χ0n) is 10.9. The van der Waals surface area contributed by atoms with Gasteiger partial charge in [0.2, 0.25) is 0 Å². The number of nitrogens with zero attached hydrogens (tertiary/aromatic N) is 2. The number of rotatable bonds is 6. The molecule has 1 unspecified atom stereocenters. The fraction of sp³-hybridized carbons (Fsp3) is 0.667. The topological polar surface area (TPSA) is 70.1 Å². The number of ketones is 1. The number of ether oxygens (including phenoxy) is 1. The second-order valence-corrected chi connectivity index (χ2v) is 4.57. The predicted octanol–water partition coefficient (Wildman–Crippen LogP) is 1.64. The minimum Gasteiger partial charge on any atom is -0.493 e. The first-order valence-electron chi connectivity index (χ1n) is 5.86. The molecule has 0 aromatic carbocycles. The third-order valence-corrected chi connectivity index (χ3v) is 2.67. The Hall–Kier alpha value is -1.36. The zero-order chi connectivity index (χ0) is 13.0. The van der Waals surface area contributed by atoms with Gasteiger partial charge in [-0.2, -0.15) is 5.10 Å². The highest BCUT2D eigenvalue weighted by atomic mass is 16.5. The molecule has 0 fully saturated rings. The van der Waals surface area contributed by atoms with Crippen molar-refractivity contribution in [1.29, 1.82) is 0 Å². The number of carbonyl (C=O) groups is 1. The Morgan fingerprint density at radius 1 is 1.53 bits per heavy atom. The molecular formula is C12H21N3O2. The van der Waals surface area contributed by atoms with Gasteiger partial charge in [-0.3, -0.25) is 9.48 Å². The summed E-state index contributed by atoms with van der Waals surface area (Å²) in [5.74, 6) is 0.738. The van der Waals surface area contributed by atoms with Gasteiger partial charge in [0.1, 0.15) is 5.69 Å². The van der Waals surface area contributed by atoms with Crippen LogP contribution in [0, 0.1) is 5.92 Å². The molecule has 1 aromatic rings. The van der Waals surface area contributed by atoms with E-state index in [4.69, 9.17) is 10.5 Å². The van der Waals surface area contributed by atoms with Crippen LogP contribution in [0.15, 0.2) is 6.20 Å². The Balaban J connectivity index is 3.01. The van der Waals surface area contributed by atoms with Crippen LogP contribution in [-0.2, 0) is 0 Å². The molecule has 0 amide bonds. The van der Waals surface area contributed by atoms with Crippen LogP contribution in [0.25, 0.3) is 0 Å². The van der Waals surface area contributed by atoms with Crippen LogP contribution in [0.4, 0.5) is 0 Å². The van der Waals surface area contributed by atoms with Gasteiger partial charge in [-0.25, -0.2) is 0 Å². The third kappa shape index (κ3) is 3.06. The average Bonchev–Trinajstić information content (AvgIpc) is 2.72. The second kappa shape index (κ2) is 5.82. The van der Waals surface area contributed by atoms with Gasteiger partial charge in [-0.1, -0.05) is 6.92 Å². The lowest BCUT2D eigenvalue weighted by Crippen LogP contribution is -2.19. The first-order valence-corrected chi connectivity index (χ1v) is 5.86. The Labute approximate surface area is 102 Å². The first kappa shape index (κ1) is 13.7. The van der Waals surface area contributed by atoms with Crippen LogP contribution in [0.2, 0.25) is 0 Å². The summed E-state index contributed by atoms with van der Waals surface area (Å²) >= 11 is 0. The highest BCUT2D eigenvalue weighted by Crippen LogP contribution is 2.23. The molecule has 0 saturated carbocycles. The largest absolute Gasteiger partial charge is 0.493 e. The van der Waals surface area contributed by atoms with Crippen molar-refractivity contribution in [2.24, 2.45) is 11.7 Å².